The summed E-state index contributed by atoms with van der Waals surface area (Å²) in [5.41, 5.74) is 2.49. The Morgan fingerprint density at radius 3 is 2.76 bits per heavy atom. The van der Waals surface area contributed by atoms with Gasteiger partial charge in [-0.2, -0.15) is 0 Å². The molecule has 2 aromatic heterocycles. The lowest BCUT2D eigenvalue weighted by Crippen LogP contribution is -2.11. The van der Waals surface area contributed by atoms with Crippen LogP contribution >= 0.6 is 0 Å². The summed E-state index contributed by atoms with van der Waals surface area (Å²) in [5, 5.41) is 12.7. The zero-order valence-electron chi connectivity index (χ0n) is 12.5. The van der Waals surface area contributed by atoms with E-state index in [0.717, 1.165) is 19.5 Å². The van der Waals surface area contributed by atoms with Gasteiger partial charge in [-0.25, -0.2) is 0 Å². The summed E-state index contributed by atoms with van der Waals surface area (Å²) in [7, 11) is 0. The predicted octanol–water partition coefficient (Wildman–Crippen LogP) is 2.74. The summed E-state index contributed by atoms with van der Waals surface area (Å²) in [5.74, 6) is 1.34. The van der Waals surface area contributed by atoms with E-state index in [1.54, 1.807) is 0 Å². The van der Waals surface area contributed by atoms with Crippen LogP contribution in [0.15, 0.2) is 34.9 Å². The molecule has 0 fully saturated rings. The number of hydrogen-bond donors (Lipinski definition) is 1. The van der Waals surface area contributed by atoms with E-state index in [4.69, 9.17) is 4.42 Å². The molecule has 0 aliphatic carbocycles. The zero-order chi connectivity index (χ0) is 14.7. The van der Waals surface area contributed by atoms with Crippen LogP contribution < -0.4 is 5.32 Å². The van der Waals surface area contributed by atoms with Crippen LogP contribution in [0.25, 0.3) is 10.9 Å². The highest BCUT2D eigenvalue weighted by Gasteiger charge is 2.08. The van der Waals surface area contributed by atoms with E-state index >= 15 is 0 Å². The molecule has 0 unspecified atom stereocenters. The van der Waals surface area contributed by atoms with Gasteiger partial charge in [0.15, 0.2) is 0 Å². The maximum absolute atomic E-state index is 5.58. The minimum atomic E-state index is 0.614. The molecule has 110 valence electrons. The van der Waals surface area contributed by atoms with Crippen LogP contribution in [0, 0.1) is 0 Å². The van der Waals surface area contributed by atoms with Crippen molar-refractivity contribution in [2.45, 2.75) is 33.4 Å². The molecule has 0 aliphatic heterocycles. The van der Waals surface area contributed by atoms with Crippen molar-refractivity contribution in [3.8, 4) is 0 Å². The Morgan fingerprint density at radius 1 is 1.14 bits per heavy atom. The monoisotopic (exact) mass is 284 g/mol. The van der Waals surface area contributed by atoms with Crippen molar-refractivity contribution in [2.24, 2.45) is 0 Å². The third-order valence-electron chi connectivity index (χ3n) is 3.53. The molecule has 0 spiro atoms. The zero-order valence-corrected chi connectivity index (χ0v) is 12.5. The number of aromatic nitrogens is 3. The van der Waals surface area contributed by atoms with Gasteiger partial charge < -0.3 is 14.3 Å². The van der Waals surface area contributed by atoms with Gasteiger partial charge in [0.2, 0.25) is 11.8 Å². The Balaban J connectivity index is 1.82. The predicted molar refractivity (Wildman–Crippen MR) is 82.1 cm³/mol. The molecule has 0 atom stereocenters. The van der Waals surface area contributed by atoms with Crippen molar-refractivity contribution >= 4 is 10.9 Å². The second-order valence-electron chi connectivity index (χ2n) is 5.06. The van der Waals surface area contributed by atoms with Crippen molar-refractivity contribution in [1.82, 2.24) is 20.1 Å². The summed E-state index contributed by atoms with van der Waals surface area (Å²) < 4.78 is 7.72. The van der Waals surface area contributed by atoms with Gasteiger partial charge in [-0.3, -0.25) is 0 Å². The van der Waals surface area contributed by atoms with Gasteiger partial charge in [0.25, 0.3) is 0 Å². The van der Waals surface area contributed by atoms with Gasteiger partial charge >= 0.3 is 0 Å². The fourth-order valence-corrected chi connectivity index (χ4v) is 2.41. The summed E-state index contributed by atoms with van der Waals surface area (Å²) in [6.07, 6.45) is 2.84. The Bertz CT molecular complexity index is 729. The van der Waals surface area contributed by atoms with Gasteiger partial charge in [0, 0.05) is 24.7 Å². The first-order valence-corrected chi connectivity index (χ1v) is 7.40. The summed E-state index contributed by atoms with van der Waals surface area (Å²) >= 11 is 0. The van der Waals surface area contributed by atoms with Gasteiger partial charge in [-0.1, -0.05) is 19.9 Å². The van der Waals surface area contributed by atoms with E-state index in [9.17, 15) is 0 Å². The molecular formula is C16H20N4O. The molecule has 5 nitrogen and oxygen atoms in total. The highest BCUT2D eigenvalue weighted by atomic mass is 16.4. The number of nitrogens with zero attached hydrogens (tertiary/aromatic N) is 3. The summed E-state index contributed by atoms with van der Waals surface area (Å²) in [6, 6.07) is 8.66. The lowest BCUT2D eigenvalue weighted by atomic mass is 10.1. The van der Waals surface area contributed by atoms with Crippen LogP contribution in [0.4, 0.5) is 0 Å². The standard InChI is InChI=1S/C16H20N4O/c1-3-15-18-19-16(21-15)11-20-8-7-13-9-12(10-17-4-2)5-6-14(13)20/h5-9,17H,3-4,10-11H2,1-2H3. The fraction of sp³-hybridized carbons (Fsp3) is 0.375. The van der Waals surface area contributed by atoms with Crippen molar-refractivity contribution in [2.75, 3.05) is 6.54 Å². The van der Waals surface area contributed by atoms with Gasteiger partial charge in [-0.15, -0.1) is 10.2 Å². The topological polar surface area (TPSA) is 55.9 Å². The number of fused-ring (bicyclic) bond motifs is 1. The van der Waals surface area contributed by atoms with E-state index in [1.165, 1.54) is 16.5 Å². The molecule has 0 bridgehead atoms. The average Bonchev–Trinajstić information content (AvgIpc) is 3.12. The quantitative estimate of drug-likeness (QED) is 0.756. The van der Waals surface area contributed by atoms with E-state index in [1.807, 2.05) is 6.92 Å². The molecular weight excluding hydrogens is 264 g/mol. The molecule has 3 aromatic rings. The van der Waals surface area contributed by atoms with Crippen LogP contribution in [0.3, 0.4) is 0 Å². The van der Waals surface area contributed by atoms with Crippen LogP contribution in [-0.2, 0) is 19.5 Å². The maximum Gasteiger partial charge on any atom is 0.236 e. The summed E-state index contributed by atoms with van der Waals surface area (Å²) in [6.45, 7) is 6.62. The normalized spacial score (nSPS) is 11.3. The van der Waals surface area contributed by atoms with Gasteiger partial charge in [-0.05, 0) is 35.7 Å². The van der Waals surface area contributed by atoms with Crippen molar-refractivity contribution < 1.29 is 4.42 Å². The van der Waals surface area contributed by atoms with Gasteiger partial charge in [0.1, 0.15) is 6.54 Å². The minimum absolute atomic E-state index is 0.614. The van der Waals surface area contributed by atoms with E-state index in [2.05, 4.69) is 57.5 Å². The van der Waals surface area contributed by atoms with E-state index in [-0.39, 0.29) is 0 Å². The molecule has 0 saturated heterocycles. The maximum atomic E-state index is 5.58. The molecule has 1 N–H and O–H groups in total. The molecule has 21 heavy (non-hydrogen) atoms. The fourth-order valence-electron chi connectivity index (χ4n) is 2.41. The molecule has 5 heteroatoms. The number of rotatable bonds is 6. The second kappa shape index (κ2) is 6.10. The molecule has 2 heterocycles. The first-order valence-electron chi connectivity index (χ1n) is 7.40. The van der Waals surface area contributed by atoms with Crippen LogP contribution in [-0.4, -0.2) is 21.3 Å². The van der Waals surface area contributed by atoms with Crippen molar-refractivity contribution in [3.63, 3.8) is 0 Å². The third-order valence-corrected chi connectivity index (χ3v) is 3.53. The highest BCUT2D eigenvalue weighted by molar-refractivity contribution is 5.80. The molecule has 3 rings (SSSR count). The highest BCUT2D eigenvalue weighted by Crippen LogP contribution is 2.19. The smallest absolute Gasteiger partial charge is 0.236 e. The number of aryl methyl sites for hydroxylation is 1. The third kappa shape index (κ3) is 2.97. The Hall–Kier alpha value is -2.14. The van der Waals surface area contributed by atoms with E-state index in [0.29, 0.717) is 18.3 Å². The number of benzene rings is 1. The SMILES string of the molecule is CCNCc1ccc2c(ccn2Cc2nnc(CC)o2)c1. The Morgan fingerprint density at radius 2 is 2.00 bits per heavy atom. The minimum Gasteiger partial charge on any atom is -0.423 e. The lowest BCUT2D eigenvalue weighted by molar-refractivity contribution is 0.444. The lowest BCUT2D eigenvalue weighted by Gasteiger charge is -2.05. The average molecular weight is 284 g/mol. The largest absolute Gasteiger partial charge is 0.423 e. The molecule has 0 amide bonds. The number of hydrogen-bond acceptors (Lipinski definition) is 4. The van der Waals surface area contributed by atoms with Crippen molar-refractivity contribution in [1.29, 1.82) is 0 Å². The van der Waals surface area contributed by atoms with Crippen LogP contribution in [0.1, 0.15) is 31.2 Å². The molecule has 0 radical (unpaired) electrons. The first kappa shape index (κ1) is 13.8. The van der Waals surface area contributed by atoms with E-state index < -0.39 is 0 Å². The first-order chi connectivity index (χ1) is 10.3. The Kier molecular flexibility index (Phi) is 4.01. The molecule has 0 saturated carbocycles. The Labute approximate surface area is 124 Å². The molecule has 1 aromatic carbocycles. The van der Waals surface area contributed by atoms with Gasteiger partial charge in [0.05, 0.1) is 0 Å². The second-order valence-corrected chi connectivity index (χ2v) is 5.06. The summed E-state index contributed by atoms with van der Waals surface area (Å²) in [4.78, 5) is 0. The number of nitrogens with one attached hydrogen (secondary N) is 1. The molecule has 0 aliphatic rings. The van der Waals surface area contributed by atoms with Crippen LogP contribution in [0.2, 0.25) is 0 Å². The van der Waals surface area contributed by atoms with Crippen LogP contribution in [0.5, 0.6) is 0 Å². The van der Waals surface area contributed by atoms with Crippen molar-refractivity contribution in [3.05, 3.63) is 47.8 Å².